The molecule has 0 aliphatic heterocycles. The Labute approximate surface area is 98.7 Å². The summed E-state index contributed by atoms with van der Waals surface area (Å²) in [5, 5.41) is 8.73. The van der Waals surface area contributed by atoms with Crippen molar-refractivity contribution in [2.45, 2.75) is 19.9 Å². The van der Waals surface area contributed by atoms with Crippen molar-refractivity contribution in [1.29, 1.82) is 0 Å². The fourth-order valence-corrected chi connectivity index (χ4v) is 1.68. The van der Waals surface area contributed by atoms with Crippen LogP contribution >= 0.6 is 0 Å². The van der Waals surface area contributed by atoms with Crippen molar-refractivity contribution in [3.63, 3.8) is 0 Å². The maximum absolute atomic E-state index is 13.1. The molecular weight excluding hydrogens is 228 g/mol. The molecule has 0 bridgehead atoms. The summed E-state index contributed by atoms with van der Waals surface area (Å²) in [7, 11) is 0. The molecule has 1 N–H and O–H groups in total. The predicted octanol–water partition coefficient (Wildman–Crippen LogP) is 2.43. The van der Waals surface area contributed by atoms with Gasteiger partial charge in [0.2, 0.25) is 0 Å². The Morgan fingerprint density at radius 1 is 1.41 bits per heavy atom. The minimum Gasteiger partial charge on any atom is -0.480 e. The van der Waals surface area contributed by atoms with Crippen molar-refractivity contribution in [2.75, 3.05) is 13.1 Å². The zero-order valence-electron chi connectivity index (χ0n) is 9.78. The summed E-state index contributed by atoms with van der Waals surface area (Å²) in [4.78, 5) is 12.3. The molecule has 0 saturated carbocycles. The maximum atomic E-state index is 13.1. The van der Waals surface area contributed by atoms with Crippen LogP contribution in [0.3, 0.4) is 0 Å². The van der Waals surface area contributed by atoms with Crippen molar-refractivity contribution in [3.8, 4) is 0 Å². The van der Waals surface area contributed by atoms with Crippen molar-refractivity contribution in [2.24, 2.45) is 0 Å². The lowest BCUT2D eigenvalue weighted by Gasteiger charge is -2.26. The number of likely N-dealkylation sites (N-methyl/N-ethyl adjacent to an activating group) is 1. The number of rotatable bonds is 5. The first-order chi connectivity index (χ1) is 7.95. The smallest absolute Gasteiger partial charge is 0.317 e. The summed E-state index contributed by atoms with van der Waals surface area (Å²) in [6.45, 7) is 3.97. The van der Waals surface area contributed by atoms with Crippen LogP contribution in [0.4, 0.5) is 8.78 Å². The molecule has 0 spiro atoms. The van der Waals surface area contributed by atoms with E-state index < -0.39 is 17.6 Å². The van der Waals surface area contributed by atoms with Gasteiger partial charge in [0.1, 0.15) is 0 Å². The number of aliphatic carboxylic acids is 1. The number of hydrogen-bond donors (Lipinski definition) is 1. The van der Waals surface area contributed by atoms with Crippen LogP contribution in [0.2, 0.25) is 0 Å². The standard InChI is InChI=1S/C12H15F2NO2/c1-3-15(7-12(16)17)8(2)9-4-5-10(13)11(14)6-9/h4-6,8H,3,7H2,1-2H3,(H,16,17). The first-order valence-corrected chi connectivity index (χ1v) is 5.36. The third-order valence-electron chi connectivity index (χ3n) is 2.72. The lowest BCUT2D eigenvalue weighted by Crippen LogP contribution is -2.32. The van der Waals surface area contributed by atoms with Gasteiger partial charge in [-0.15, -0.1) is 0 Å². The highest BCUT2D eigenvalue weighted by molar-refractivity contribution is 5.69. The Kier molecular flexibility index (Phi) is 4.57. The molecule has 0 aliphatic rings. The van der Waals surface area contributed by atoms with Crippen LogP contribution < -0.4 is 0 Å². The summed E-state index contributed by atoms with van der Waals surface area (Å²) in [5.74, 6) is -2.76. The first kappa shape index (κ1) is 13.6. The molecule has 5 heteroatoms. The molecule has 3 nitrogen and oxygen atoms in total. The normalized spacial score (nSPS) is 12.8. The van der Waals surface area contributed by atoms with Gasteiger partial charge < -0.3 is 5.11 Å². The summed E-state index contributed by atoms with van der Waals surface area (Å²) in [6.07, 6.45) is 0. The zero-order chi connectivity index (χ0) is 13.0. The van der Waals surface area contributed by atoms with Gasteiger partial charge in [0.15, 0.2) is 11.6 Å². The number of carboxylic acids is 1. The van der Waals surface area contributed by atoms with E-state index in [1.54, 1.807) is 11.8 Å². The van der Waals surface area contributed by atoms with E-state index in [2.05, 4.69) is 0 Å². The predicted molar refractivity (Wildman–Crippen MR) is 59.7 cm³/mol. The molecule has 94 valence electrons. The Balaban J connectivity index is 2.89. The highest BCUT2D eigenvalue weighted by Crippen LogP contribution is 2.21. The monoisotopic (exact) mass is 243 g/mol. The van der Waals surface area contributed by atoms with Crippen LogP contribution in [-0.4, -0.2) is 29.1 Å². The average molecular weight is 243 g/mol. The lowest BCUT2D eigenvalue weighted by atomic mass is 10.1. The third-order valence-corrected chi connectivity index (χ3v) is 2.72. The van der Waals surface area contributed by atoms with Crippen LogP contribution in [-0.2, 0) is 4.79 Å². The average Bonchev–Trinajstić information content (AvgIpc) is 2.28. The van der Waals surface area contributed by atoms with Gasteiger partial charge in [0, 0.05) is 6.04 Å². The van der Waals surface area contributed by atoms with E-state index >= 15 is 0 Å². The zero-order valence-corrected chi connectivity index (χ0v) is 9.78. The van der Waals surface area contributed by atoms with Crippen molar-refractivity contribution < 1.29 is 18.7 Å². The second-order valence-electron chi connectivity index (χ2n) is 3.81. The molecule has 0 fully saturated rings. The Morgan fingerprint density at radius 3 is 2.53 bits per heavy atom. The van der Waals surface area contributed by atoms with E-state index in [-0.39, 0.29) is 12.6 Å². The minimum absolute atomic E-state index is 0.128. The molecule has 0 radical (unpaired) electrons. The van der Waals surface area contributed by atoms with Gasteiger partial charge in [0.25, 0.3) is 0 Å². The van der Waals surface area contributed by atoms with Gasteiger partial charge in [-0.05, 0) is 31.2 Å². The van der Waals surface area contributed by atoms with E-state index in [4.69, 9.17) is 5.11 Å². The number of hydrogen-bond acceptors (Lipinski definition) is 2. The summed E-state index contributed by atoms with van der Waals surface area (Å²) < 4.78 is 25.8. The van der Waals surface area contributed by atoms with E-state index in [1.807, 2.05) is 6.92 Å². The molecule has 0 aromatic heterocycles. The van der Waals surface area contributed by atoms with Crippen LogP contribution in [0.1, 0.15) is 25.5 Å². The molecule has 0 amide bonds. The SMILES string of the molecule is CCN(CC(=O)O)C(C)c1ccc(F)c(F)c1. The number of carboxylic acid groups (broad SMARTS) is 1. The molecule has 1 aromatic carbocycles. The highest BCUT2D eigenvalue weighted by Gasteiger charge is 2.17. The van der Waals surface area contributed by atoms with Gasteiger partial charge in [-0.1, -0.05) is 13.0 Å². The second-order valence-corrected chi connectivity index (χ2v) is 3.81. The van der Waals surface area contributed by atoms with E-state index in [0.717, 1.165) is 12.1 Å². The van der Waals surface area contributed by atoms with Crippen LogP contribution in [0.5, 0.6) is 0 Å². The second kappa shape index (κ2) is 5.72. The van der Waals surface area contributed by atoms with Crippen LogP contribution in [0.25, 0.3) is 0 Å². The van der Waals surface area contributed by atoms with Gasteiger partial charge in [-0.2, -0.15) is 0 Å². The van der Waals surface area contributed by atoms with Crippen molar-refractivity contribution in [3.05, 3.63) is 35.4 Å². The van der Waals surface area contributed by atoms with E-state index in [9.17, 15) is 13.6 Å². The molecule has 1 rings (SSSR count). The maximum Gasteiger partial charge on any atom is 0.317 e. The van der Waals surface area contributed by atoms with Crippen molar-refractivity contribution >= 4 is 5.97 Å². The molecule has 17 heavy (non-hydrogen) atoms. The van der Waals surface area contributed by atoms with E-state index in [0.29, 0.717) is 12.1 Å². The molecule has 0 saturated heterocycles. The number of halogens is 2. The molecule has 0 aliphatic carbocycles. The fraction of sp³-hybridized carbons (Fsp3) is 0.417. The van der Waals surface area contributed by atoms with Crippen LogP contribution in [0.15, 0.2) is 18.2 Å². The summed E-state index contributed by atoms with van der Waals surface area (Å²) in [5.41, 5.74) is 0.562. The Bertz CT molecular complexity index is 409. The largest absolute Gasteiger partial charge is 0.480 e. The highest BCUT2D eigenvalue weighted by atomic mass is 19.2. The van der Waals surface area contributed by atoms with Gasteiger partial charge in [-0.25, -0.2) is 8.78 Å². The first-order valence-electron chi connectivity index (χ1n) is 5.36. The van der Waals surface area contributed by atoms with Gasteiger partial charge >= 0.3 is 5.97 Å². The number of carbonyl (C=O) groups is 1. The number of nitrogens with zero attached hydrogens (tertiary/aromatic N) is 1. The summed E-state index contributed by atoms with van der Waals surface area (Å²) >= 11 is 0. The fourth-order valence-electron chi connectivity index (χ4n) is 1.68. The molecule has 1 atom stereocenters. The van der Waals surface area contributed by atoms with Crippen LogP contribution in [0, 0.1) is 11.6 Å². The van der Waals surface area contributed by atoms with Gasteiger partial charge in [-0.3, -0.25) is 9.69 Å². The number of benzene rings is 1. The third kappa shape index (κ3) is 3.49. The quantitative estimate of drug-likeness (QED) is 0.863. The molecule has 1 aromatic rings. The molecular formula is C12H15F2NO2. The van der Waals surface area contributed by atoms with E-state index in [1.165, 1.54) is 6.07 Å². The molecule has 0 heterocycles. The minimum atomic E-state index is -0.943. The van der Waals surface area contributed by atoms with Crippen molar-refractivity contribution in [1.82, 2.24) is 4.90 Å². The summed E-state index contributed by atoms with van der Waals surface area (Å²) in [6, 6.07) is 3.35. The van der Waals surface area contributed by atoms with Gasteiger partial charge in [0.05, 0.1) is 6.54 Å². The molecule has 1 unspecified atom stereocenters. The Hall–Kier alpha value is -1.49. The topological polar surface area (TPSA) is 40.5 Å². The lowest BCUT2D eigenvalue weighted by molar-refractivity contribution is -0.138. The Morgan fingerprint density at radius 2 is 2.06 bits per heavy atom.